The van der Waals surface area contributed by atoms with Crippen LogP contribution in [-0.4, -0.2) is 58.5 Å². The van der Waals surface area contributed by atoms with Crippen LogP contribution < -0.4 is 5.32 Å². The Morgan fingerprint density at radius 3 is 2.58 bits per heavy atom. The molecule has 2 aliphatic rings. The van der Waals surface area contributed by atoms with Crippen molar-refractivity contribution in [2.45, 2.75) is 110 Å². The van der Waals surface area contributed by atoms with Gasteiger partial charge in [-0.3, -0.25) is 4.90 Å². The molecule has 0 aromatic heterocycles. The Kier molecular flexibility index (Phi) is 10.7. The Morgan fingerprint density at radius 1 is 1.23 bits per heavy atom. The van der Waals surface area contributed by atoms with E-state index in [9.17, 15) is 10.2 Å². The SMILES string of the molecule is CCCC[C@](C)(O)CC=C[C@@H]1[C@H]2CC(CCNCCN(C(C)C)C(C)C)=C[C@H]2C[C@H]1O. The zero-order chi connectivity index (χ0) is 23.0. The van der Waals surface area contributed by atoms with Crippen LogP contribution in [0.3, 0.4) is 0 Å². The van der Waals surface area contributed by atoms with Crippen LogP contribution in [0.4, 0.5) is 0 Å². The van der Waals surface area contributed by atoms with E-state index in [1.165, 1.54) is 0 Å². The van der Waals surface area contributed by atoms with E-state index in [1.807, 2.05) is 6.92 Å². The summed E-state index contributed by atoms with van der Waals surface area (Å²) in [7, 11) is 0. The first kappa shape index (κ1) is 26.6. The van der Waals surface area contributed by atoms with Gasteiger partial charge < -0.3 is 15.5 Å². The maximum Gasteiger partial charge on any atom is 0.0654 e. The van der Waals surface area contributed by atoms with Gasteiger partial charge in [-0.15, -0.1) is 0 Å². The lowest BCUT2D eigenvalue weighted by atomic mass is 9.88. The fourth-order valence-corrected chi connectivity index (χ4v) is 5.62. The second-order valence-corrected chi connectivity index (χ2v) is 10.9. The van der Waals surface area contributed by atoms with Gasteiger partial charge in [-0.2, -0.15) is 0 Å². The van der Waals surface area contributed by atoms with Gasteiger partial charge in [0.05, 0.1) is 11.7 Å². The standard InChI is InChI=1S/C27H50N2O2/c1-7-8-12-27(6,31)13-9-10-24-25-18-22(17-23(25)19-26(24)30)11-14-28-15-16-29(20(2)3)21(4)5/h9-10,17,20-21,23-26,28,30-31H,7-8,11-16,18-19H2,1-6H3/t23-,24+,25-,26+,27-/m0/s1. The van der Waals surface area contributed by atoms with Crippen LogP contribution in [-0.2, 0) is 0 Å². The van der Waals surface area contributed by atoms with Crippen molar-refractivity contribution in [2.24, 2.45) is 17.8 Å². The summed E-state index contributed by atoms with van der Waals surface area (Å²) in [5.41, 5.74) is 0.938. The molecule has 0 saturated heterocycles. The van der Waals surface area contributed by atoms with Gasteiger partial charge in [-0.05, 0) is 85.1 Å². The number of allylic oxidation sites excluding steroid dienone is 1. The lowest BCUT2D eigenvalue weighted by molar-refractivity contribution is 0.0513. The Bertz CT molecular complexity index is 574. The molecule has 1 fully saturated rings. The minimum atomic E-state index is -0.624. The number of hydrogen-bond acceptors (Lipinski definition) is 4. The summed E-state index contributed by atoms with van der Waals surface area (Å²) in [6.07, 6.45) is 13.4. The number of unbranched alkanes of at least 4 members (excludes halogenated alkanes) is 1. The highest BCUT2D eigenvalue weighted by molar-refractivity contribution is 5.21. The summed E-state index contributed by atoms with van der Waals surface area (Å²) in [5.74, 6) is 1.30. The van der Waals surface area contributed by atoms with Gasteiger partial charge in [-0.25, -0.2) is 0 Å². The highest BCUT2D eigenvalue weighted by Crippen LogP contribution is 2.48. The zero-order valence-corrected chi connectivity index (χ0v) is 21.1. The van der Waals surface area contributed by atoms with Gasteiger partial charge in [0.15, 0.2) is 0 Å². The third-order valence-electron chi connectivity index (χ3n) is 7.43. The Morgan fingerprint density at radius 2 is 1.94 bits per heavy atom. The molecule has 0 amide bonds. The lowest BCUT2D eigenvalue weighted by Crippen LogP contribution is -2.41. The maximum absolute atomic E-state index is 10.6. The number of aliphatic hydroxyl groups is 2. The van der Waals surface area contributed by atoms with Crippen molar-refractivity contribution in [1.82, 2.24) is 10.2 Å². The van der Waals surface area contributed by atoms with Gasteiger partial charge in [0, 0.05) is 31.1 Å². The quantitative estimate of drug-likeness (QED) is 0.268. The molecule has 2 rings (SSSR count). The molecule has 4 nitrogen and oxygen atoms in total. The molecule has 0 spiro atoms. The lowest BCUT2D eigenvalue weighted by Gasteiger charge is -2.30. The fourth-order valence-electron chi connectivity index (χ4n) is 5.62. The fraction of sp³-hybridized carbons (Fsp3) is 0.852. The average molecular weight is 435 g/mol. The second kappa shape index (κ2) is 12.5. The van der Waals surface area contributed by atoms with Gasteiger partial charge in [0.2, 0.25) is 0 Å². The monoisotopic (exact) mass is 434 g/mol. The van der Waals surface area contributed by atoms with Crippen LogP contribution >= 0.6 is 0 Å². The van der Waals surface area contributed by atoms with E-state index in [2.05, 4.69) is 63.1 Å². The Hall–Kier alpha value is -0.680. The summed E-state index contributed by atoms with van der Waals surface area (Å²) >= 11 is 0. The van der Waals surface area contributed by atoms with Gasteiger partial charge in [0.25, 0.3) is 0 Å². The molecule has 5 atom stereocenters. The number of hydrogen-bond donors (Lipinski definition) is 3. The first-order valence-corrected chi connectivity index (χ1v) is 12.9. The normalized spacial score (nSPS) is 28.2. The summed E-state index contributed by atoms with van der Waals surface area (Å²) in [6, 6.07) is 1.18. The molecule has 1 saturated carbocycles. The summed E-state index contributed by atoms with van der Waals surface area (Å²) < 4.78 is 0. The van der Waals surface area contributed by atoms with E-state index < -0.39 is 5.60 Å². The van der Waals surface area contributed by atoms with Crippen LogP contribution in [0.15, 0.2) is 23.8 Å². The smallest absolute Gasteiger partial charge is 0.0654 e. The molecule has 0 heterocycles. The van der Waals surface area contributed by atoms with Gasteiger partial charge in [-0.1, -0.05) is 43.6 Å². The van der Waals surface area contributed by atoms with Crippen molar-refractivity contribution in [3.8, 4) is 0 Å². The molecule has 0 bridgehead atoms. The third kappa shape index (κ3) is 8.31. The molecule has 31 heavy (non-hydrogen) atoms. The number of fused-ring (bicyclic) bond motifs is 1. The van der Waals surface area contributed by atoms with E-state index in [0.29, 0.717) is 30.3 Å². The molecule has 0 unspecified atom stereocenters. The molecular formula is C27H50N2O2. The molecule has 0 aromatic rings. The zero-order valence-electron chi connectivity index (χ0n) is 21.1. The number of nitrogens with zero attached hydrogens (tertiary/aromatic N) is 1. The van der Waals surface area contributed by atoms with E-state index in [-0.39, 0.29) is 12.0 Å². The minimum absolute atomic E-state index is 0.235. The molecule has 3 N–H and O–H groups in total. The van der Waals surface area contributed by atoms with Crippen molar-refractivity contribution < 1.29 is 10.2 Å². The second-order valence-electron chi connectivity index (χ2n) is 10.9. The number of nitrogens with one attached hydrogen (secondary N) is 1. The van der Waals surface area contributed by atoms with Crippen molar-refractivity contribution in [3.05, 3.63) is 23.8 Å². The van der Waals surface area contributed by atoms with Crippen molar-refractivity contribution in [3.63, 3.8) is 0 Å². The highest BCUT2D eigenvalue weighted by atomic mass is 16.3. The van der Waals surface area contributed by atoms with Crippen LogP contribution in [0.1, 0.15) is 86.5 Å². The maximum atomic E-state index is 10.6. The first-order valence-electron chi connectivity index (χ1n) is 12.9. The van der Waals surface area contributed by atoms with E-state index in [4.69, 9.17) is 0 Å². The van der Waals surface area contributed by atoms with Gasteiger partial charge in [0.1, 0.15) is 0 Å². The molecule has 0 aliphatic heterocycles. The van der Waals surface area contributed by atoms with Gasteiger partial charge >= 0.3 is 0 Å². The van der Waals surface area contributed by atoms with Crippen LogP contribution in [0.5, 0.6) is 0 Å². The molecule has 4 heteroatoms. The highest BCUT2D eigenvalue weighted by Gasteiger charge is 2.43. The van der Waals surface area contributed by atoms with Crippen LogP contribution in [0.2, 0.25) is 0 Å². The molecule has 0 radical (unpaired) electrons. The summed E-state index contributed by atoms with van der Waals surface area (Å²) in [5, 5.41) is 24.7. The molecule has 180 valence electrons. The van der Waals surface area contributed by atoms with Crippen molar-refractivity contribution >= 4 is 0 Å². The predicted octanol–water partition coefficient (Wildman–Crippen LogP) is 4.92. The molecule has 0 aromatic carbocycles. The molecule has 2 aliphatic carbocycles. The number of rotatable bonds is 14. The summed E-state index contributed by atoms with van der Waals surface area (Å²) in [6.45, 7) is 16.4. The first-order chi connectivity index (χ1) is 14.6. The minimum Gasteiger partial charge on any atom is -0.392 e. The predicted molar refractivity (Wildman–Crippen MR) is 132 cm³/mol. The van der Waals surface area contributed by atoms with Crippen molar-refractivity contribution in [2.75, 3.05) is 19.6 Å². The van der Waals surface area contributed by atoms with E-state index in [1.54, 1.807) is 5.57 Å². The third-order valence-corrected chi connectivity index (χ3v) is 7.43. The average Bonchev–Trinajstić information content (AvgIpc) is 3.19. The van der Waals surface area contributed by atoms with E-state index >= 15 is 0 Å². The van der Waals surface area contributed by atoms with Crippen LogP contribution in [0, 0.1) is 17.8 Å². The molecular weight excluding hydrogens is 384 g/mol. The topological polar surface area (TPSA) is 55.7 Å². The Balaban J connectivity index is 1.74. The van der Waals surface area contributed by atoms with Crippen LogP contribution in [0.25, 0.3) is 0 Å². The van der Waals surface area contributed by atoms with E-state index in [0.717, 1.165) is 58.2 Å². The number of aliphatic hydroxyl groups excluding tert-OH is 1. The summed E-state index contributed by atoms with van der Waals surface area (Å²) in [4.78, 5) is 2.53. The largest absolute Gasteiger partial charge is 0.392 e. The van der Waals surface area contributed by atoms with Crippen molar-refractivity contribution in [1.29, 1.82) is 0 Å². The Labute approximate surface area is 192 Å².